The number of ketones is 1. The molecule has 0 spiro atoms. The third-order valence-corrected chi connectivity index (χ3v) is 7.04. The van der Waals surface area contributed by atoms with Crippen LogP contribution in [0, 0.1) is 5.41 Å². The van der Waals surface area contributed by atoms with Gasteiger partial charge in [0.15, 0.2) is 5.78 Å². The molecular weight excluding hydrogens is 602 g/mol. The van der Waals surface area contributed by atoms with Gasteiger partial charge in [-0.25, -0.2) is 0 Å². The van der Waals surface area contributed by atoms with Crippen molar-refractivity contribution in [3.8, 4) is 0 Å². The van der Waals surface area contributed by atoms with E-state index >= 15 is 0 Å². The molecule has 0 heterocycles. The highest BCUT2D eigenvalue weighted by Crippen LogP contribution is 2.41. The largest absolute Gasteiger partial charge is 0.405 e. The highest BCUT2D eigenvalue weighted by molar-refractivity contribution is 6.48. The van der Waals surface area contributed by atoms with Crippen molar-refractivity contribution < 1.29 is 35.9 Å². The van der Waals surface area contributed by atoms with Gasteiger partial charge in [-0.05, 0) is 41.8 Å². The standard InChI is InChI=1S/C25H21Cl4F6NO2/c1-23(2,22(38)36-12-24(30,31)32)8-7-20(37)15-5-3-13(9-17(15)26)4-6-16(25(33,34)35)14-10-18(27)21(29)19(28)11-14/h3-6,9-11,16H,7-8,12H2,1-2H3,(H,36,38)/b6-4+. The Balaban J connectivity index is 2.16. The number of hydrogen-bond donors (Lipinski definition) is 1. The SMILES string of the molecule is CC(C)(CCC(=O)c1ccc(/C=C/C(c2cc(Cl)c(Cl)c(Cl)c2)C(F)(F)F)cc1Cl)C(=O)NCC(F)(F)F. The van der Waals surface area contributed by atoms with Gasteiger partial charge in [0, 0.05) is 17.4 Å². The number of benzene rings is 2. The molecule has 208 valence electrons. The Hall–Kier alpha value is -1.94. The molecule has 38 heavy (non-hydrogen) atoms. The van der Waals surface area contributed by atoms with E-state index in [1.54, 1.807) is 5.32 Å². The smallest absolute Gasteiger partial charge is 0.347 e. The summed E-state index contributed by atoms with van der Waals surface area (Å²) >= 11 is 23.8. The minimum atomic E-state index is -4.68. The first-order valence-electron chi connectivity index (χ1n) is 10.9. The van der Waals surface area contributed by atoms with E-state index in [-0.39, 0.29) is 49.6 Å². The highest BCUT2D eigenvalue weighted by Gasteiger charge is 2.39. The molecule has 0 saturated carbocycles. The molecule has 2 aromatic rings. The van der Waals surface area contributed by atoms with Crippen molar-refractivity contribution in [2.75, 3.05) is 6.54 Å². The maximum Gasteiger partial charge on any atom is 0.405 e. The lowest BCUT2D eigenvalue weighted by Crippen LogP contribution is -2.41. The van der Waals surface area contributed by atoms with Gasteiger partial charge in [-0.15, -0.1) is 0 Å². The zero-order chi connectivity index (χ0) is 29.1. The Kier molecular flexibility index (Phi) is 10.6. The van der Waals surface area contributed by atoms with Gasteiger partial charge in [0.2, 0.25) is 5.91 Å². The summed E-state index contributed by atoms with van der Waals surface area (Å²) < 4.78 is 78.3. The van der Waals surface area contributed by atoms with Crippen molar-refractivity contribution >= 4 is 64.2 Å². The number of carbonyl (C=O) groups is 2. The topological polar surface area (TPSA) is 46.2 Å². The third-order valence-electron chi connectivity index (χ3n) is 5.53. The fraction of sp³-hybridized carbons (Fsp3) is 0.360. The molecule has 0 aromatic heterocycles. The van der Waals surface area contributed by atoms with Crippen molar-refractivity contribution in [2.45, 2.75) is 45.0 Å². The van der Waals surface area contributed by atoms with Crippen LogP contribution in [0.5, 0.6) is 0 Å². The van der Waals surface area contributed by atoms with Gasteiger partial charge in [-0.2, -0.15) is 26.3 Å². The summed E-state index contributed by atoms with van der Waals surface area (Å²) in [6.45, 7) is 1.32. The van der Waals surface area contributed by atoms with Gasteiger partial charge in [0.1, 0.15) is 6.54 Å². The summed E-state index contributed by atoms with van der Waals surface area (Å²) in [5.41, 5.74) is -1.18. The Morgan fingerprint density at radius 1 is 0.921 bits per heavy atom. The Morgan fingerprint density at radius 2 is 1.50 bits per heavy atom. The van der Waals surface area contributed by atoms with Gasteiger partial charge >= 0.3 is 12.4 Å². The minimum Gasteiger partial charge on any atom is -0.347 e. The Bertz CT molecular complexity index is 1200. The molecule has 0 aliphatic carbocycles. The Labute approximate surface area is 235 Å². The van der Waals surface area contributed by atoms with Crippen LogP contribution in [0.15, 0.2) is 36.4 Å². The lowest BCUT2D eigenvalue weighted by Gasteiger charge is -2.23. The van der Waals surface area contributed by atoms with Gasteiger partial charge in [0.05, 0.1) is 26.0 Å². The van der Waals surface area contributed by atoms with Crippen LogP contribution in [0.2, 0.25) is 20.1 Å². The van der Waals surface area contributed by atoms with Crippen molar-refractivity contribution in [3.05, 3.63) is 73.2 Å². The number of Topliss-reactive ketones (excluding diaryl/α,β-unsaturated/α-hetero) is 1. The quantitative estimate of drug-likeness (QED) is 0.172. The monoisotopic (exact) mass is 621 g/mol. The molecule has 1 atom stereocenters. The summed E-state index contributed by atoms with van der Waals surface area (Å²) in [5, 5.41) is 1.40. The number of nitrogens with one attached hydrogen (secondary N) is 1. The zero-order valence-corrected chi connectivity index (χ0v) is 22.9. The first-order valence-corrected chi connectivity index (χ1v) is 12.4. The molecule has 0 fully saturated rings. The number of halogens is 10. The van der Waals surface area contributed by atoms with Crippen molar-refractivity contribution in [1.29, 1.82) is 0 Å². The second-order valence-corrected chi connectivity index (χ2v) is 10.6. The molecule has 0 aliphatic rings. The van der Waals surface area contributed by atoms with Crippen molar-refractivity contribution in [3.63, 3.8) is 0 Å². The molecule has 0 aliphatic heterocycles. The molecule has 1 unspecified atom stereocenters. The number of allylic oxidation sites excluding steroid dienone is 1. The summed E-state index contributed by atoms with van der Waals surface area (Å²) in [7, 11) is 0. The van der Waals surface area contributed by atoms with Crippen LogP contribution >= 0.6 is 46.4 Å². The first kappa shape index (κ1) is 32.3. The summed E-state index contributed by atoms with van der Waals surface area (Å²) in [6, 6.07) is 6.13. The van der Waals surface area contributed by atoms with Crippen LogP contribution < -0.4 is 5.32 Å². The van der Waals surface area contributed by atoms with E-state index in [2.05, 4.69) is 0 Å². The molecule has 0 saturated heterocycles. The molecule has 1 amide bonds. The maximum absolute atomic E-state index is 13.7. The number of carbonyl (C=O) groups excluding carboxylic acids is 2. The molecule has 0 bridgehead atoms. The van der Waals surface area contributed by atoms with Gasteiger partial charge in [-0.3, -0.25) is 9.59 Å². The number of hydrogen-bond acceptors (Lipinski definition) is 2. The van der Waals surface area contributed by atoms with E-state index < -0.39 is 41.9 Å². The van der Waals surface area contributed by atoms with E-state index in [4.69, 9.17) is 46.4 Å². The minimum absolute atomic E-state index is 0.0439. The predicted octanol–water partition coefficient (Wildman–Crippen LogP) is 9.33. The van der Waals surface area contributed by atoms with Crippen LogP contribution in [-0.2, 0) is 4.79 Å². The van der Waals surface area contributed by atoms with E-state index in [0.717, 1.165) is 18.2 Å². The number of alkyl halides is 6. The van der Waals surface area contributed by atoms with Gasteiger partial charge in [-0.1, -0.05) is 78.5 Å². The van der Waals surface area contributed by atoms with E-state index in [1.165, 1.54) is 38.1 Å². The molecule has 0 radical (unpaired) electrons. The van der Waals surface area contributed by atoms with Crippen LogP contribution in [-0.4, -0.2) is 30.6 Å². The number of amides is 1. The predicted molar refractivity (Wildman–Crippen MR) is 137 cm³/mol. The van der Waals surface area contributed by atoms with Crippen LogP contribution in [0.25, 0.3) is 6.08 Å². The number of rotatable bonds is 9. The molecule has 2 aromatic carbocycles. The fourth-order valence-corrected chi connectivity index (χ4v) is 4.23. The molecule has 13 heteroatoms. The van der Waals surface area contributed by atoms with Gasteiger partial charge in [0.25, 0.3) is 0 Å². The van der Waals surface area contributed by atoms with Crippen molar-refractivity contribution in [2.24, 2.45) is 5.41 Å². The average molecular weight is 623 g/mol. The lowest BCUT2D eigenvalue weighted by molar-refractivity contribution is -0.143. The van der Waals surface area contributed by atoms with Crippen molar-refractivity contribution in [1.82, 2.24) is 5.32 Å². The molecule has 1 N–H and O–H groups in total. The third kappa shape index (κ3) is 9.07. The first-order chi connectivity index (χ1) is 17.3. The highest BCUT2D eigenvalue weighted by atomic mass is 35.5. The normalized spacial score (nSPS) is 13.6. The van der Waals surface area contributed by atoms with Crippen LogP contribution in [0.1, 0.15) is 54.1 Å². The van der Waals surface area contributed by atoms with E-state index in [1.807, 2.05) is 0 Å². The lowest BCUT2D eigenvalue weighted by atomic mass is 9.85. The van der Waals surface area contributed by atoms with Crippen LogP contribution in [0.4, 0.5) is 26.3 Å². The zero-order valence-electron chi connectivity index (χ0n) is 19.8. The molecule has 2 rings (SSSR count). The summed E-state index contributed by atoms with van der Waals surface area (Å²) in [6.07, 6.45) is -7.47. The average Bonchev–Trinajstić information content (AvgIpc) is 2.78. The fourth-order valence-electron chi connectivity index (χ4n) is 3.33. The summed E-state index contributed by atoms with van der Waals surface area (Å²) in [4.78, 5) is 24.7. The van der Waals surface area contributed by atoms with Gasteiger partial charge < -0.3 is 5.32 Å². The molecule has 3 nitrogen and oxygen atoms in total. The Morgan fingerprint density at radius 3 is 2.00 bits per heavy atom. The van der Waals surface area contributed by atoms with E-state index in [9.17, 15) is 35.9 Å². The summed E-state index contributed by atoms with van der Waals surface area (Å²) in [5.74, 6) is -3.42. The maximum atomic E-state index is 13.7. The second kappa shape index (κ2) is 12.5. The van der Waals surface area contributed by atoms with E-state index in [0.29, 0.717) is 0 Å². The second-order valence-electron chi connectivity index (χ2n) is 9.02. The molecular formula is C25H21Cl4F6NO2. The van der Waals surface area contributed by atoms with Crippen LogP contribution in [0.3, 0.4) is 0 Å².